The monoisotopic (exact) mass is 532 g/mol. The van der Waals surface area contributed by atoms with Crippen LogP contribution in [0.4, 0.5) is 0 Å². The predicted molar refractivity (Wildman–Crippen MR) is 149 cm³/mol. The summed E-state index contributed by atoms with van der Waals surface area (Å²) in [7, 11) is 1.72. The zero-order chi connectivity index (χ0) is 27.9. The van der Waals surface area contributed by atoms with Crippen LogP contribution in [0, 0.1) is 11.3 Å². The molecule has 2 heterocycles. The van der Waals surface area contributed by atoms with Crippen LogP contribution in [0.25, 0.3) is 0 Å². The number of carbonyl (C=O) groups excluding carboxylic acids is 3. The quantitative estimate of drug-likeness (QED) is 0.457. The normalized spacial score (nSPS) is 26.1. The fraction of sp³-hybridized carbons (Fsp3) is 0.516. The molecule has 1 fully saturated rings. The van der Waals surface area contributed by atoms with Crippen molar-refractivity contribution in [3.8, 4) is 5.75 Å². The van der Waals surface area contributed by atoms with Crippen molar-refractivity contribution >= 4 is 17.7 Å². The number of likely N-dealkylation sites (N-methyl/N-ethyl adjacent to an activating group) is 1. The summed E-state index contributed by atoms with van der Waals surface area (Å²) in [6, 6.07) is 12.0. The van der Waals surface area contributed by atoms with Gasteiger partial charge in [0.2, 0.25) is 17.7 Å². The van der Waals surface area contributed by atoms with E-state index in [-0.39, 0.29) is 48.1 Å². The van der Waals surface area contributed by atoms with Gasteiger partial charge in [-0.2, -0.15) is 0 Å². The second-order valence-electron chi connectivity index (χ2n) is 12.0. The zero-order valence-corrected chi connectivity index (χ0v) is 23.3. The number of phenolic OH excluding ortho intramolecular Hbond substituents is 1. The third-order valence-corrected chi connectivity index (χ3v) is 8.92. The van der Waals surface area contributed by atoms with Gasteiger partial charge in [-0.05, 0) is 85.9 Å². The van der Waals surface area contributed by atoms with Gasteiger partial charge in [-0.3, -0.25) is 14.4 Å². The summed E-state index contributed by atoms with van der Waals surface area (Å²) in [5.74, 6) is -0.842. The van der Waals surface area contributed by atoms with Crippen LogP contribution in [0.5, 0.6) is 5.75 Å². The van der Waals surface area contributed by atoms with Gasteiger partial charge in [-0.15, -0.1) is 0 Å². The molecule has 0 aromatic heterocycles. The van der Waals surface area contributed by atoms with E-state index in [1.165, 1.54) is 5.56 Å². The van der Waals surface area contributed by atoms with Crippen molar-refractivity contribution in [3.63, 3.8) is 0 Å². The molecule has 1 aliphatic carbocycles. The highest BCUT2D eigenvalue weighted by molar-refractivity contribution is 5.92. The first-order chi connectivity index (χ1) is 18.6. The Hall–Kier alpha value is -3.39. The van der Waals surface area contributed by atoms with Crippen molar-refractivity contribution in [2.75, 3.05) is 13.6 Å². The second-order valence-corrected chi connectivity index (χ2v) is 12.0. The Morgan fingerprint density at radius 3 is 2.67 bits per heavy atom. The minimum absolute atomic E-state index is 0.0890. The highest BCUT2D eigenvalue weighted by Crippen LogP contribution is 2.51. The van der Waals surface area contributed by atoms with Crippen LogP contribution < -0.4 is 16.0 Å². The maximum absolute atomic E-state index is 14.2. The molecule has 0 radical (unpaired) electrons. The van der Waals surface area contributed by atoms with Crippen molar-refractivity contribution in [3.05, 3.63) is 64.7 Å². The molecule has 2 aromatic rings. The number of phenols is 1. The third-order valence-electron chi connectivity index (χ3n) is 8.92. The molecule has 5 rings (SSSR count). The summed E-state index contributed by atoms with van der Waals surface area (Å²) in [5.41, 5.74) is 3.77. The molecular weight excluding hydrogens is 492 g/mol. The number of carbonyl (C=O) groups is 3. The van der Waals surface area contributed by atoms with Crippen molar-refractivity contribution in [1.82, 2.24) is 20.9 Å². The van der Waals surface area contributed by atoms with Crippen LogP contribution in [0.2, 0.25) is 0 Å². The molecule has 4 N–H and O–H groups in total. The van der Waals surface area contributed by atoms with Crippen LogP contribution >= 0.6 is 0 Å². The first-order valence-corrected chi connectivity index (χ1v) is 14.1. The molecule has 5 atom stereocenters. The smallest absolute Gasteiger partial charge is 0.243 e. The number of aromatic hydroxyl groups is 1. The van der Waals surface area contributed by atoms with E-state index in [4.69, 9.17) is 0 Å². The highest BCUT2D eigenvalue weighted by atomic mass is 16.3. The molecular formula is C31H40N4O4. The number of fused-ring (bicyclic) bond motifs is 4. The number of rotatable bonds is 6. The fourth-order valence-corrected chi connectivity index (χ4v) is 6.75. The van der Waals surface area contributed by atoms with Gasteiger partial charge in [0.05, 0.1) is 24.0 Å². The fourth-order valence-electron chi connectivity index (χ4n) is 6.75. The van der Waals surface area contributed by atoms with Gasteiger partial charge < -0.3 is 26.0 Å². The summed E-state index contributed by atoms with van der Waals surface area (Å²) < 4.78 is 0. The molecule has 3 amide bonds. The lowest BCUT2D eigenvalue weighted by Gasteiger charge is -2.36. The topological polar surface area (TPSA) is 111 Å². The Balaban J connectivity index is 1.48. The van der Waals surface area contributed by atoms with Gasteiger partial charge in [0.1, 0.15) is 11.8 Å². The van der Waals surface area contributed by atoms with Crippen LogP contribution in [0.1, 0.15) is 74.4 Å². The predicted octanol–water partition coefficient (Wildman–Crippen LogP) is 3.15. The van der Waals surface area contributed by atoms with E-state index in [1.54, 1.807) is 31.0 Å². The van der Waals surface area contributed by atoms with Gasteiger partial charge in [-0.25, -0.2) is 0 Å². The Labute approximate surface area is 230 Å². The lowest BCUT2D eigenvalue weighted by molar-refractivity contribution is -0.145. The maximum Gasteiger partial charge on any atom is 0.243 e. The average molecular weight is 533 g/mol. The second kappa shape index (κ2) is 10.6. The maximum atomic E-state index is 14.2. The minimum atomic E-state index is -0.674. The summed E-state index contributed by atoms with van der Waals surface area (Å²) >= 11 is 0. The molecule has 0 saturated carbocycles. The molecule has 0 spiro atoms. The van der Waals surface area contributed by atoms with Gasteiger partial charge in [0, 0.05) is 6.54 Å². The summed E-state index contributed by atoms with van der Waals surface area (Å²) in [5, 5.41) is 19.5. The van der Waals surface area contributed by atoms with Crippen molar-refractivity contribution in [1.29, 1.82) is 0 Å². The van der Waals surface area contributed by atoms with E-state index in [1.807, 2.05) is 32.0 Å². The first-order valence-electron chi connectivity index (χ1n) is 14.1. The van der Waals surface area contributed by atoms with Gasteiger partial charge in [0.25, 0.3) is 0 Å². The van der Waals surface area contributed by atoms with Gasteiger partial charge in [-0.1, -0.05) is 44.2 Å². The number of nitrogens with one attached hydrogen (secondary N) is 3. The number of benzene rings is 2. The van der Waals surface area contributed by atoms with Crippen molar-refractivity contribution in [2.24, 2.45) is 11.3 Å². The van der Waals surface area contributed by atoms with Crippen LogP contribution in [-0.4, -0.2) is 53.4 Å². The largest absolute Gasteiger partial charge is 0.508 e. The van der Waals surface area contributed by atoms with Crippen molar-refractivity contribution < 1.29 is 19.5 Å². The lowest BCUT2D eigenvalue weighted by atomic mass is 9.80. The van der Waals surface area contributed by atoms with E-state index in [0.717, 1.165) is 36.0 Å². The molecule has 2 aliphatic heterocycles. The van der Waals surface area contributed by atoms with E-state index in [0.29, 0.717) is 12.8 Å². The first kappa shape index (κ1) is 27.2. The Kier molecular flexibility index (Phi) is 7.42. The number of hydrogen-bond donors (Lipinski definition) is 4. The number of amides is 3. The van der Waals surface area contributed by atoms with Gasteiger partial charge in [0.15, 0.2) is 0 Å². The molecule has 3 aliphatic rings. The van der Waals surface area contributed by atoms with Gasteiger partial charge >= 0.3 is 0 Å². The van der Waals surface area contributed by atoms with Crippen LogP contribution in [0.15, 0.2) is 42.5 Å². The van der Waals surface area contributed by atoms with E-state index in [2.05, 4.69) is 28.1 Å². The Bertz CT molecular complexity index is 1270. The SMILES string of the molecule is CN[C@@H](C)C(=O)NC[C@H]1Cc2ccc(O)cc2[C@H]2CC(C)(C)C(C(=O)N[C@@H]3CCCc4ccccc43)N2C1=O. The summed E-state index contributed by atoms with van der Waals surface area (Å²) in [6.45, 7) is 6.03. The molecule has 208 valence electrons. The van der Waals surface area contributed by atoms with Crippen LogP contribution in [-0.2, 0) is 27.2 Å². The van der Waals surface area contributed by atoms with E-state index < -0.39 is 17.4 Å². The van der Waals surface area contributed by atoms with Crippen molar-refractivity contribution in [2.45, 2.75) is 77.0 Å². The summed E-state index contributed by atoms with van der Waals surface area (Å²) in [4.78, 5) is 42.6. The standard InChI is InChI=1S/C31H40N4O4/c1-18(32-4)28(37)33-17-21-14-20-12-13-22(36)15-24(20)26-16-31(2,3)27(35(26)30(21)39)29(38)34-25-11-7-9-19-8-5-6-10-23(19)25/h5-6,8,10,12-13,15,18,21,25-27,32,36H,7,9,11,14,16-17H2,1-4H3,(H,33,37)(H,34,38)/t18-,21+,25+,26+,27?/m0/s1. The van der Waals surface area contributed by atoms with Crippen LogP contribution in [0.3, 0.4) is 0 Å². The average Bonchev–Trinajstić information content (AvgIpc) is 3.16. The molecule has 39 heavy (non-hydrogen) atoms. The Morgan fingerprint density at radius 2 is 1.90 bits per heavy atom. The number of aryl methyl sites for hydroxylation is 1. The zero-order valence-electron chi connectivity index (χ0n) is 23.3. The van der Waals surface area contributed by atoms with E-state index >= 15 is 0 Å². The van der Waals surface area contributed by atoms with E-state index in [9.17, 15) is 19.5 Å². The molecule has 1 unspecified atom stereocenters. The molecule has 8 heteroatoms. The Morgan fingerprint density at radius 1 is 1.13 bits per heavy atom. The number of hydrogen-bond acceptors (Lipinski definition) is 5. The summed E-state index contributed by atoms with van der Waals surface area (Å²) in [6.07, 6.45) is 3.90. The lowest BCUT2D eigenvalue weighted by Crippen LogP contribution is -2.54. The molecule has 0 bridgehead atoms. The number of nitrogens with zero attached hydrogens (tertiary/aromatic N) is 1. The minimum Gasteiger partial charge on any atom is -0.508 e. The molecule has 2 aromatic carbocycles. The molecule has 1 saturated heterocycles. The highest BCUT2D eigenvalue weighted by Gasteiger charge is 2.55. The molecule has 8 nitrogen and oxygen atoms in total. The third kappa shape index (κ3) is 5.14.